The number of carboxylic acid groups (broad SMARTS) is 1. The van der Waals surface area contributed by atoms with Gasteiger partial charge in [0, 0.05) is 0 Å². The van der Waals surface area contributed by atoms with Crippen LogP contribution in [0, 0.1) is 11.8 Å². The van der Waals surface area contributed by atoms with Gasteiger partial charge in [0.15, 0.2) is 5.78 Å². The molecule has 1 heterocycles. The fraction of sp³-hybridized carbons (Fsp3) is 0.667. The summed E-state index contributed by atoms with van der Waals surface area (Å²) in [4.78, 5) is 34.0. The van der Waals surface area contributed by atoms with Crippen LogP contribution >= 0.6 is 0 Å². The first kappa shape index (κ1) is 14.9. The Morgan fingerprint density at radius 2 is 1.65 bits per heavy atom. The molecule has 2 fully saturated rings. The van der Waals surface area contributed by atoms with Crippen molar-refractivity contribution in [3.63, 3.8) is 0 Å². The molecule has 1 saturated carbocycles. The predicted molar refractivity (Wildman–Crippen MR) is 71.2 cm³/mol. The van der Waals surface area contributed by atoms with Crippen LogP contribution in [0.25, 0.3) is 0 Å². The van der Waals surface area contributed by atoms with Gasteiger partial charge in [0.2, 0.25) is 0 Å². The molecular formula is C15H20O5. The summed E-state index contributed by atoms with van der Waals surface area (Å²) in [6.45, 7) is 3.67. The summed E-state index contributed by atoms with van der Waals surface area (Å²) in [5.41, 5.74) is 0.0490. The van der Waals surface area contributed by atoms with Gasteiger partial charge < -0.3 is 9.84 Å². The molecule has 0 aromatic carbocycles. The molecule has 110 valence electrons. The van der Waals surface area contributed by atoms with E-state index in [1.54, 1.807) is 0 Å². The summed E-state index contributed by atoms with van der Waals surface area (Å²) in [6, 6.07) is 0. The Morgan fingerprint density at radius 3 is 2.05 bits per heavy atom. The minimum atomic E-state index is -0.774. The van der Waals surface area contributed by atoms with E-state index >= 15 is 0 Å². The second-order valence-corrected chi connectivity index (χ2v) is 6.15. The predicted octanol–water partition coefficient (Wildman–Crippen LogP) is 1.75. The normalized spacial score (nSPS) is 32.5. The molecule has 0 aromatic rings. The van der Waals surface area contributed by atoms with Gasteiger partial charge in [-0.05, 0) is 57.1 Å². The maximum atomic E-state index is 12.0. The number of hydrogen-bond donors (Lipinski definition) is 1. The molecular weight excluding hydrogens is 260 g/mol. The van der Waals surface area contributed by atoms with Crippen molar-refractivity contribution in [2.75, 3.05) is 0 Å². The van der Waals surface area contributed by atoms with Gasteiger partial charge in [0.25, 0.3) is 0 Å². The van der Waals surface area contributed by atoms with Crippen molar-refractivity contribution in [3.05, 3.63) is 11.6 Å². The minimum Gasteiger partial charge on any atom is -0.481 e. The number of allylic oxidation sites excluding steroid dienone is 1. The maximum Gasteiger partial charge on any atom is 0.306 e. The van der Waals surface area contributed by atoms with E-state index in [4.69, 9.17) is 9.84 Å². The van der Waals surface area contributed by atoms with E-state index in [1.165, 1.54) is 6.08 Å². The molecule has 0 amide bonds. The highest BCUT2D eigenvalue weighted by atomic mass is 16.6. The van der Waals surface area contributed by atoms with Gasteiger partial charge in [-0.2, -0.15) is 0 Å². The first-order valence-electron chi connectivity index (χ1n) is 6.96. The van der Waals surface area contributed by atoms with E-state index in [1.807, 2.05) is 13.8 Å². The average Bonchev–Trinajstić information content (AvgIpc) is 3.05. The molecule has 0 radical (unpaired) electrons. The molecule has 1 unspecified atom stereocenters. The number of carboxylic acids is 1. The molecule has 1 saturated heterocycles. The van der Waals surface area contributed by atoms with Crippen LogP contribution in [0.4, 0.5) is 0 Å². The van der Waals surface area contributed by atoms with Crippen LogP contribution in [-0.4, -0.2) is 34.9 Å². The van der Waals surface area contributed by atoms with Gasteiger partial charge in [-0.3, -0.25) is 14.4 Å². The third kappa shape index (κ3) is 3.15. The lowest BCUT2D eigenvalue weighted by atomic mass is 9.78. The van der Waals surface area contributed by atoms with Crippen molar-refractivity contribution >= 4 is 18.0 Å². The zero-order chi connectivity index (χ0) is 14.9. The number of carbonyl (C=O) groups is 3. The maximum absolute atomic E-state index is 12.0. The Bertz CT molecular complexity index is 455. The fourth-order valence-corrected chi connectivity index (χ4v) is 2.83. The van der Waals surface area contributed by atoms with Gasteiger partial charge in [-0.25, -0.2) is 0 Å². The molecule has 1 aliphatic carbocycles. The number of aliphatic carboxylic acids is 1. The van der Waals surface area contributed by atoms with Crippen molar-refractivity contribution in [1.82, 2.24) is 0 Å². The second-order valence-electron chi connectivity index (χ2n) is 6.15. The Kier molecular flexibility index (Phi) is 4.09. The highest BCUT2D eigenvalue weighted by molar-refractivity contribution is 6.00. The van der Waals surface area contributed by atoms with E-state index in [0.29, 0.717) is 31.3 Å². The van der Waals surface area contributed by atoms with E-state index < -0.39 is 17.7 Å². The highest BCUT2D eigenvalue weighted by Gasteiger charge is 2.52. The van der Waals surface area contributed by atoms with Gasteiger partial charge in [0.1, 0.15) is 12.4 Å². The van der Waals surface area contributed by atoms with Crippen LogP contribution < -0.4 is 0 Å². The molecule has 0 aromatic heterocycles. The second kappa shape index (κ2) is 5.48. The smallest absolute Gasteiger partial charge is 0.306 e. The van der Waals surface area contributed by atoms with Crippen LogP contribution in [0.2, 0.25) is 0 Å². The molecule has 2 rings (SSSR count). The number of aldehydes is 1. The quantitative estimate of drug-likeness (QED) is 0.471. The first-order chi connectivity index (χ1) is 9.35. The van der Waals surface area contributed by atoms with Crippen molar-refractivity contribution < 1.29 is 24.2 Å². The molecule has 2 aliphatic rings. The summed E-state index contributed by atoms with van der Waals surface area (Å²) in [5, 5.41) is 8.95. The lowest BCUT2D eigenvalue weighted by Crippen LogP contribution is -2.23. The Balaban J connectivity index is 1.97. The van der Waals surface area contributed by atoms with Gasteiger partial charge in [-0.1, -0.05) is 0 Å². The van der Waals surface area contributed by atoms with Crippen molar-refractivity contribution in [2.24, 2.45) is 11.8 Å². The minimum absolute atomic E-state index is 0.00564. The number of ketones is 1. The standard InChI is InChI=1S/C15H20O5/c1-15(2)13(20-15)12(17)7-11(8-16)9-3-5-10(6-4-9)14(18)19/h7-10,13H,3-6H2,1-2H3,(H,18,19)/b11-7-. The molecule has 1 N–H and O–H groups in total. The fourth-order valence-electron chi connectivity index (χ4n) is 2.83. The summed E-state index contributed by atoms with van der Waals surface area (Å²) < 4.78 is 5.26. The summed E-state index contributed by atoms with van der Waals surface area (Å²) in [6.07, 6.45) is 4.06. The average molecular weight is 280 g/mol. The zero-order valence-electron chi connectivity index (χ0n) is 11.8. The van der Waals surface area contributed by atoms with Gasteiger partial charge in [-0.15, -0.1) is 0 Å². The third-order valence-electron chi connectivity index (χ3n) is 4.25. The number of epoxide rings is 1. The lowest BCUT2D eigenvalue weighted by Gasteiger charge is -2.26. The topological polar surface area (TPSA) is 84.0 Å². The summed E-state index contributed by atoms with van der Waals surface area (Å²) >= 11 is 0. The number of rotatable bonds is 5. The molecule has 5 heteroatoms. The van der Waals surface area contributed by atoms with E-state index in [9.17, 15) is 14.4 Å². The van der Waals surface area contributed by atoms with Crippen LogP contribution in [-0.2, 0) is 19.1 Å². The number of ether oxygens (including phenoxy) is 1. The number of hydrogen-bond acceptors (Lipinski definition) is 4. The Hall–Kier alpha value is -1.49. The molecule has 5 nitrogen and oxygen atoms in total. The lowest BCUT2D eigenvalue weighted by molar-refractivity contribution is -0.143. The highest BCUT2D eigenvalue weighted by Crippen LogP contribution is 2.37. The molecule has 1 aliphatic heterocycles. The molecule has 0 spiro atoms. The third-order valence-corrected chi connectivity index (χ3v) is 4.25. The van der Waals surface area contributed by atoms with E-state index in [0.717, 1.165) is 6.29 Å². The first-order valence-corrected chi connectivity index (χ1v) is 6.96. The molecule has 1 atom stereocenters. The summed E-state index contributed by atoms with van der Waals surface area (Å²) in [7, 11) is 0. The van der Waals surface area contributed by atoms with Crippen LogP contribution in [0.5, 0.6) is 0 Å². The number of carbonyl (C=O) groups excluding carboxylic acids is 2. The monoisotopic (exact) mass is 280 g/mol. The Labute approximate surface area is 118 Å². The van der Waals surface area contributed by atoms with Crippen LogP contribution in [0.15, 0.2) is 11.6 Å². The summed E-state index contributed by atoms with van der Waals surface area (Å²) in [5.74, 6) is -1.27. The zero-order valence-corrected chi connectivity index (χ0v) is 11.8. The molecule has 0 bridgehead atoms. The van der Waals surface area contributed by atoms with Crippen molar-refractivity contribution in [2.45, 2.75) is 51.2 Å². The Morgan fingerprint density at radius 1 is 1.15 bits per heavy atom. The van der Waals surface area contributed by atoms with Crippen molar-refractivity contribution in [1.29, 1.82) is 0 Å². The largest absolute Gasteiger partial charge is 0.481 e. The van der Waals surface area contributed by atoms with E-state index in [-0.39, 0.29) is 17.6 Å². The van der Waals surface area contributed by atoms with Crippen molar-refractivity contribution in [3.8, 4) is 0 Å². The van der Waals surface area contributed by atoms with Gasteiger partial charge >= 0.3 is 5.97 Å². The van der Waals surface area contributed by atoms with E-state index in [2.05, 4.69) is 0 Å². The van der Waals surface area contributed by atoms with Gasteiger partial charge in [0.05, 0.1) is 11.5 Å². The molecule has 20 heavy (non-hydrogen) atoms. The SMILES string of the molecule is CC1(C)OC1C(=O)/C=C(/C=O)C1CCC(C(=O)O)CC1. The van der Waals surface area contributed by atoms with Crippen LogP contribution in [0.3, 0.4) is 0 Å². The van der Waals surface area contributed by atoms with Crippen LogP contribution in [0.1, 0.15) is 39.5 Å².